The van der Waals surface area contributed by atoms with Crippen LogP contribution in [0.15, 0.2) is 18.2 Å². The molecule has 6 heteroatoms. The molecule has 104 valence electrons. The molecule has 1 aromatic carbocycles. The summed E-state index contributed by atoms with van der Waals surface area (Å²) in [4.78, 5) is 13.4. The largest absolute Gasteiger partial charge is 0.398 e. The number of nitrogen functional groups attached to an aromatic ring is 1. The average Bonchev–Trinajstić information content (AvgIpc) is 2.82. The first-order chi connectivity index (χ1) is 9.06. The highest BCUT2D eigenvalue weighted by atomic mass is 16.5. The summed E-state index contributed by atoms with van der Waals surface area (Å²) in [7, 11) is 3.33. The Balaban J connectivity index is 2.24. The highest BCUT2D eigenvalue weighted by Crippen LogP contribution is 2.26. The lowest BCUT2D eigenvalue weighted by Gasteiger charge is -2.19. The Hall–Kier alpha value is -1.79. The van der Waals surface area contributed by atoms with Crippen LogP contribution in [0.5, 0.6) is 0 Å². The molecular weight excluding hydrogens is 246 g/mol. The zero-order valence-corrected chi connectivity index (χ0v) is 11.1. The van der Waals surface area contributed by atoms with Crippen LogP contribution in [-0.4, -0.2) is 45.4 Å². The van der Waals surface area contributed by atoms with Crippen molar-refractivity contribution in [2.75, 3.05) is 37.9 Å². The Morgan fingerprint density at radius 2 is 1.84 bits per heavy atom. The maximum atomic E-state index is 11.3. The Bertz CT molecular complexity index is 466. The van der Waals surface area contributed by atoms with E-state index in [0.29, 0.717) is 24.3 Å². The average molecular weight is 265 g/mol. The van der Waals surface area contributed by atoms with Gasteiger partial charge in [0.1, 0.15) is 12.2 Å². The Kier molecular flexibility index (Phi) is 3.92. The molecule has 4 N–H and O–H groups in total. The molecule has 19 heavy (non-hydrogen) atoms. The molecule has 1 saturated heterocycles. The molecule has 0 radical (unpaired) electrons. The molecule has 1 aliphatic heterocycles. The molecular formula is C13H19N3O3. The summed E-state index contributed by atoms with van der Waals surface area (Å²) in [5.41, 5.74) is 12.7. The van der Waals surface area contributed by atoms with Crippen molar-refractivity contribution in [1.29, 1.82) is 0 Å². The summed E-state index contributed by atoms with van der Waals surface area (Å²) in [5, 5.41) is 0. The van der Waals surface area contributed by atoms with Gasteiger partial charge in [0.05, 0.1) is 5.56 Å². The van der Waals surface area contributed by atoms with Crippen LogP contribution in [0.3, 0.4) is 0 Å². The van der Waals surface area contributed by atoms with E-state index in [4.69, 9.17) is 20.9 Å². The minimum absolute atomic E-state index is 0.0135. The molecule has 1 aromatic rings. The molecule has 1 fully saturated rings. The summed E-state index contributed by atoms with van der Waals surface area (Å²) in [5.74, 6) is -0.523. The van der Waals surface area contributed by atoms with Crippen LogP contribution in [0.4, 0.5) is 11.4 Å². The van der Waals surface area contributed by atoms with Crippen LogP contribution >= 0.6 is 0 Å². The Labute approximate surface area is 112 Å². The highest BCUT2D eigenvalue weighted by molar-refractivity contribution is 5.99. The monoisotopic (exact) mass is 265 g/mol. The van der Waals surface area contributed by atoms with Crippen molar-refractivity contribution >= 4 is 17.3 Å². The van der Waals surface area contributed by atoms with Gasteiger partial charge in [-0.05, 0) is 18.2 Å². The molecule has 6 nitrogen and oxygen atoms in total. The molecule has 1 heterocycles. The van der Waals surface area contributed by atoms with E-state index in [1.807, 2.05) is 6.07 Å². The Morgan fingerprint density at radius 1 is 1.26 bits per heavy atom. The van der Waals surface area contributed by atoms with Crippen molar-refractivity contribution in [2.24, 2.45) is 5.73 Å². The SMILES string of the molecule is COC1CN(c2ccc(N)c(C(N)=O)c2)CC1OC. The standard InChI is InChI=1S/C13H19N3O3/c1-18-11-6-16(7-12(11)19-2)8-3-4-10(14)9(5-8)13(15)17/h3-5,11-12H,6-7,14H2,1-2H3,(H2,15,17). The van der Waals surface area contributed by atoms with Gasteiger partial charge in [-0.1, -0.05) is 0 Å². The smallest absolute Gasteiger partial charge is 0.250 e. The first kappa shape index (κ1) is 13.6. The number of ether oxygens (including phenoxy) is 2. The van der Waals surface area contributed by atoms with Crippen molar-refractivity contribution in [3.63, 3.8) is 0 Å². The third kappa shape index (κ3) is 2.64. The van der Waals surface area contributed by atoms with E-state index >= 15 is 0 Å². The van der Waals surface area contributed by atoms with Gasteiger partial charge in [-0.2, -0.15) is 0 Å². The lowest BCUT2D eigenvalue weighted by Crippen LogP contribution is -2.27. The minimum Gasteiger partial charge on any atom is -0.398 e. The maximum absolute atomic E-state index is 11.3. The van der Waals surface area contributed by atoms with E-state index < -0.39 is 5.91 Å². The number of benzene rings is 1. The Morgan fingerprint density at radius 3 is 2.32 bits per heavy atom. The number of hydrogen-bond donors (Lipinski definition) is 2. The van der Waals surface area contributed by atoms with Gasteiger partial charge in [0, 0.05) is 38.7 Å². The predicted octanol–water partition coefficient (Wildman–Crippen LogP) is 0.218. The van der Waals surface area contributed by atoms with Gasteiger partial charge in [0.2, 0.25) is 0 Å². The van der Waals surface area contributed by atoms with Crippen molar-refractivity contribution < 1.29 is 14.3 Å². The second kappa shape index (κ2) is 5.46. The normalized spacial score (nSPS) is 22.7. The van der Waals surface area contributed by atoms with Gasteiger partial charge in [-0.25, -0.2) is 0 Å². The molecule has 2 unspecified atom stereocenters. The van der Waals surface area contributed by atoms with E-state index in [0.717, 1.165) is 5.69 Å². The molecule has 0 bridgehead atoms. The van der Waals surface area contributed by atoms with Crippen LogP contribution in [0.1, 0.15) is 10.4 Å². The molecule has 0 aromatic heterocycles. The van der Waals surface area contributed by atoms with Crippen LogP contribution in [0.2, 0.25) is 0 Å². The number of nitrogens with zero attached hydrogens (tertiary/aromatic N) is 1. The van der Waals surface area contributed by atoms with E-state index in [2.05, 4.69) is 4.90 Å². The van der Waals surface area contributed by atoms with E-state index in [-0.39, 0.29) is 12.2 Å². The summed E-state index contributed by atoms with van der Waals surface area (Å²) in [6.07, 6.45) is 0.0270. The van der Waals surface area contributed by atoms with Gasteiger partial charge in [0.25, 0.3) is 5.91 Å². The van der Waals surface area contributed by atoms with Gasteiger partial charge in [-0.3, -0.25) is 4.79 Å². The van der Waals surface area contributed by atoms with Crippen LogP contribution in [0.25, 0.3) is 0 Å². The van der Waals surface area contributed by atoms with Crippen molar-refractivity contribution in [3.05, 3.63) is 23.8 Å². The summed E-state index contributed by atoms with van der Waals surface area (Å²) >= 11 is 0. The molecule has 2 atom stereocenters. The summed E-state index contributed by atoms with van der Waals surface area (Å²) < 4.78 is 10.8. The fourth-order valence-corrected chi connectivity index (χ4v) is 2.36. The summed E-state index contributed by atoms with van der Waals surface area (Å²) in [6.45, 7) is 1.41. The topological polar surface area (TPSA) is 90.8 Å². The first-order valence-corrected chi connectivity index (χ1v) is 6.06. The molecule has 0 spiro atoms. The number of hydrogen-bond acceptors (Lipinski definition) is 5. The van der Waals surface area contributed by atoms with Gasteiger partial charge >= 0.3 is 0 Å². The zero-order chi connectivity index (χ0) is 14.0. The van der Waals surface area contributed by atoms with Crippen molar-refractivity contribution in [1.82, 2.24) is 0 Å². The molecule has 2 rings (SSSR count). The van der Waals surface area contributed by atoms with Gasteiger partial charge < -0.3 is 25.8 Å². The van der Waals surface area contributed by atoms with E-state index in [1.54, 1.807) is 26.4 Å². The fourth-order valence-electron chi connectivity index (χ4n) is 2.36. The minimum atomic E-state index is -0.523. The lowest BCUT2D eigenvalue weighted by molar-refractivity contribution is -0.00461. The number of rotatable bonds is 4. The van der Waals surface area contributed by atoms with E-state index in [9.17, 15) is 4.79 Å². The number of carbonyl (C=O) groups is 1. The second-order valence-corrected chi connectivity index (χ2v) is 4.59. The zero-order valence-electron chi connectivity index (χ0n) is 11.1. The number of anilines is 2. The lowest BCUT2D eigenvalue weighted by atomic mass is 10.1. The molecule has 0 aliphatic carbocycles. The third-order valence-electron chi connectivity index (χ3n) is 3.49. The van der Waals surface area contributed by atoms with Crippen molar-refractivity contribution in [2.45, 2.75) is 12.2 Å². The summed E-state index contributed by atoms with van der Waals surface area (Å²) in [6, 6.07) is 5.27. The number of primary amides is 1. The van der Waals surface area contributed by atoms with Crippen LogP contribution < -0.4 is 16.4 Å². The second-order valence-electron chi connectivity index (χ2n) is 4.59. The van der Waals surface area contributed by atoms with Gasteiger partial charge in [-0.15, -0.1) is 0 Å². The van der Waals surface area contributed by atoms with Crippen LogP contribution in [-0.2, 0) is 9.47 Å². The van der Waals surface area contributed by atoms with Crippen LogP contribution in [0, 0.1) is 0 Å². The quantitative estimate of drug-likeness (QED) is 0.760. The fraction of sp³-hybridized carbons (Fsp3) is 0.462. The number of methoxy groups -OCH3 is 2. The highest BCUT2D eigenvalue weighted by Gasteiger charge is 2.33. The number of nitrogens with two attached hydrogens (primary N) is 2. The van der Waals surface area contributed by atoms with Gasteiger partial charge in [0.15, 0.2) is 0 Å². The first-order valence-electron chi connectivity index (χ1n) is 6.06. The third-order valence-corrected chi connectivity index (χ3v) is 3.49. The maximum Gasteiger partial charge on any atom is 0.250 e. The predicted molar refractivity (Wildman–Crippen MR) is 73.2 cm³/mol. The molecule has 1 aliphatic rings. The number of carbonyl (C=O) groups excluding carboxylic acids is 1. The van der Waals surface area contributed by atoms with E-state index in [1.165, 1.54) is 0 Å². The number of amides is 1. The molecule has 1 amide bonds. The van der Waals surface area contributed by atoms with Crippen molar-refractivity contribution in [3.8, 4) is 0 Å². The molecule has 0 saturated carbocycles.